The molecule has 0 saturated carbocycles. The maximum absolute atomic E-state index is 13.4. The fourth-order valence-electron chi connectivity index (χ4n) is 1.59. The van der Waals surface area contributed by atoms with E-state index in [4.69, 9.17) is 23.2 Å². The quantitative estimate of drug-likeness (QED) is 0.796. The molecule has 0 atom stereocenters. The smallest absolute Gasteiger partial charge is 0.248 e. The summed E-state index contributed by atoms with van der Waals surface area (Å²) in [6, 6.07) is 7.81. The van der Waals surface area contributed by atoms with Gasteiger partial charge in [0.1, 0.15) is 11.6 Å². The second-order valence-corrected chi connectivity index (χ2v) is 4.90. The first kappa shape index (κ1) is 15.5. The first-order chi connectivity index (χ1) is 9.97. The van der Waals surface area contributed by atoms with Crippen LogP contribution in [0.5, 0.6) is 0 Å². The van der Waals surface area contributed by atoms with Crippen molar-refractivity contribution in [2.45, 2.75) is 0 Å². The number of amides is 1. The summed E-state index contributed by atoms with van der Waals surface area (Å²) in [7, 11) is 0. The van der Waals surface area contributed by atoms with Crippen LogP contribution in [-0.4, -0.2) is 5.91 Å². The Balaban J connectivity index is 2.13. The van der Waals surface area contributed by atoms with E-state index in [0.717, 1.165) is 18.2 Å². The normalized spacial score (nSPS) is 10.9. The highest BCUT2D eigenvalue weighted by Gasteiger charge is 2.07. The molecule has 2 aromatic rings. The molecular weight excluding hydrogens is 319 g/mol. The zero-order chi connectivity index (χ0) is 15.4. The predicted octanol–water partition coefficient (Wildman–Crippen LogP) is 4.92. The standard InChI is InChI=1S/C15H9Cl2F2NO/c16-11-2-1-3-12(17)10(11)5-7-15(21)20-14-6-4-9(18)8-13(14)19/h1-8H,(H,20,21)/b7-5+. The third-order valence-corrected chi connectivity index (χ3v) is 3.25. The molecule has 0 unspecified atom stereocenters. The zero-order valence-electron chi connectivity index (χ0n) is 10.5. The summed E-state index contributed by atoms with van der Waals surface area (Å²) >= 11 is 11.9. The van der Waals surface area contributed by atoms with Gasteiger partial charge in [0.2, 0.25) is 5.91 Å². The summed E-state index contributed by atoms with van der Waals surface area (Å²) in [6.07, 6.45) is 2.58. The third kappa shape index (κ3) is 4.03. The van der Waals surface area contributed by atoms with E-state index in [9.17, 15) is 13.6 Å². The fraction of sp³-hybridized carbons (Fsp3) is 0. The molecule has 1 amide bonds. The lowest BCUT2D eigenvalue weighted by Crippen LogP contribution is -2.09. The summed E-state index contributed by atoms with van der Waals surface area (Å²) in [5.74, 6) is -2.16. The van der Waals surface area contributed by atoms with Gasteiger partial charge in [-0.05, 0) is 30.3 Å². The van der Waals surface area contributed by atoms with Crippen LogP contribution < -0.4 is 5.32 Å². The second-order valence-electron chi connectivity index (χ2n) is 4.08. The Morgan fingerprint density at radius 1 is 1.10 bits per heavy atom. The van der Waals surface area contributed by atoms with Gasteiger partial charge in [0.25, 0.3) is 0 Å². The average Bonchev–Trinajstić information content (AvgIpc) is 2.41. The lowest BCUT2D eigenvalue weighted by Gasteiger charge is -2.04. The van der Waals surface area contributed by atoms with Crippen LogP contribution in [0.2, 0.25) is 10.0 Å². The molecule has 0 aliphatic carbocycles. The van der Waals surface area contributed by atoms with Gasteiger partial charge in [-0.25, -0.2) is 8.78 Å². The highest BCUT2D eigenvalue weighted by Crippen LogP contribution is 2.25. The van der Waals surface area contributed by atoms with Crippen LogP contribution in [0.4, 0.5) is 14.5 Å². The highest BCUT2D eigenvalue weighted by molar-refractivity contribution is 6.37. The highest BCUT2D eigenvalue weighted by atomic mass is 35.5. The van der Waals surface area contributed by atoms with Gasteiger partial charge in [0.15, 0.2) is 0 Å². The second kappa shape index (κ2) is 6.70. The van der Waals surface area contributed by atoms with Crippen LogP contribution in [0.15, 0.2) is 42.5 Å². The Bertz CT molecular complexity index is 697. The lowest BCUT2D eigenvalue weighted by atomic mass is 10.2. The molecule has 21 heavy (non-hydrogen) atoms. The van der Waals surface area contributed by atoms with Crippen LogP contribution >= 0.6 is 23.2 Å². The molecule has 0 heterocycles. The number of hydrogen-bond acceptors (Lipinski definition) is 1. The maximum atomic E-state index is 13.4. The SMILES string of the molecule is O=C(/C=C/c1c(Cl)cccc1Cl)Nc1ccc(F)cc1F. The molecule has 2 aromatic carbocycles. The van der Waals surface area contributed by atoms with Crippen molar-refractivity contribution in [3.05, 3.63) is 69.7 Å². The first-order valence-electron chi connectivity index (χ1n) is 5.85. The van der Waals surface area contributed by atoms with Crippen molar-refractivity contribution in [1.29, 1.82) is 0 Å². The Morgan fingerprint density at radius 3 is 2.38 bits per heavy atom. The number of carbonyl (C=O) groups excluding carboxylic acids is 1. The van der Waals surface area contributed by atoms with Crippen molar-refractivity contribution in [3.63, 3.8) is 0 Å². The van der Waals surface area contributed by atoms with Crippen LogP contribution in [-0.2, 0) is 4.79 Å². The van der Waals surface area contributed by atoms with Gasteiger partial charge in [-0.15, -0.1) is 0 Å². The molecule has 0 aromatic heterocycles. The van der Waals surface area contributed by atoms with Gasteiger partial charge >= 0.3 is 0 Å². The van der Waals surface area contributed by atoms with Crippen molar-refractivity contribution in [1.82, 2.24) is 0 Å². The largest absolute Gasteiger partial charge is 0.320 e. The minimum Gasteiger partial charge on any atom is -0.320 e. The monoisotopic (exact) mass is 327 g/mol. The van der Waals surface area contributed by atoms with Crippen LogP contribution in [0.25, 0.3) is 6.08 Å². The Hall–Kier alpha value is -1.91. The van der Waals surface area contributed by atoms with E-state index < -0.39 is 17.5 Å². The molecular formula is C15H9Cl2F2NO. The van der Waals surface area contributed by atoms with Crippen molar-refractivity contribution in [2.75, 3.05) is 5.32 Å². The molecule has 2 rings (SSSR count). The molecule has 0 bridgehead atoms. The number of hydrogen-bond donors (Lipinski definition) is 1. The van der Waals surface area contributed by atoms with Gasteiger partial charge in [0.05, 0.1) is 5.69 Å². The molecule has 0 saturated heterocycles. The van der Waals surface area contributed by atoms with Gasteiger partial charge in [0, 0.05) is 27.8 Å². The van der Waals surface area contributed by atoms with Gasteiger partial charge < -0.3 is 5.32 Å². The molecule has 0 aliphatic rings. The number of rotatable bonds is 3. The van der Waals surface area contributed by atoms with Crippen LogP contribution in [0, 0.1) is 11.6 Å². The zero-order valence-corrected chi connectivity index (χ0v) is 12.1. The van der Waals surface area contributed by atoms with E-state index in [1.165, 1.54) is 6.08 Å². The van der Waals surface area contributed by atoms with E-state index in [-0.39, 0.29) is 5.69 Å². The minimum absolute atomic E-state index is 0.115. The Morgan fingerprint density at radius 2 is 1.76 bits per heavy atom. The molecule has 6 heteroatoms. The maximum Gasteiger partial charge on any atom is 0.248 e. The predicted molar refractivity (Wildman–Crippen MR) is 80.5 cm³/mol. The van der Waals surface area contributed by atoms with Gasteiger partial charge in [-0.3, -0.25) is 4.79 Å². The summed E-state index contributed by atoms with van der Waals surface area (Å²) in [6.45, 7) is 0. The molecule has 108 valence electrons. The summed E-state index contributed by atoms with van der Waals surface area (Å²) in [5.41, 5.74) is 0.367. The van der Waals surface area contributed by atoms with Crippen molar-refractivity contribution >= 4 is 40.9 Å². The molecule has 1 N–H and O–H groups in total. The topological polar surface area (TPSA) is 29.1 Å². The lowest BCUT2D eigenvalue weighted by molar-refractivity contribution is -0.111. The van der Waals surface area contributed by atoms with E-state index >= 15 is 0 Å². The average molecular weight is 328 g/mol. The molecule has 2 nitrogen and oxygen atoms in total. The van der Waals surface area contributed by atoms with E-state index in [1.54, 1.807) is 18.2 Å². The molecule has 0 spiro atoms. The summed E-state index contributed by atoms with van der Waals surface area (Å²) < 4.78 is 26.1. The van der Waals surface area contributed by atoms with Crippen molar-refractivity contribution < 1.29 is 13.6 Å². The fourth-order valence-corrected chi connectivity index (χ4v) is 2.12. The number of anilines is 1. The van der Waals surface area contributed by atoms with E-state index in [1.807, 2.05) is 0 Å². The van der Waals surface area contributed by atoms with Crippen molar-refractivity contribution in [3.8, 4) is 0 Å². The van der Waals surface area contributed by atoms with Gasteiger partial charge in [-0.1, -0.05) is 29.3 Å². The van der Waals surface area contributed by atoms with Crippen molar-refractivity contribution in [2.24, 2.45) is 0 Å². The van der Waals surface area contributed by atoms with E-state index in [0.29, 0.717) is 21.7 Å². The number of carbonyl (C=O) groups is 1. The number of halogens is 4. The van der Waals surface area contributed by atoms with Crippen LogP contribution in [0.3, 0.4) is 0 Å². The Kier molecular flexibility index (Phi) is 4.94. The van der Waals surface area contributed by atoms with Crippen LogP contribution in [0.1, 0.15) is 5.56 Å². The first-order valence-corrected chi connectivity index (χ1v) is 6.61. The summed E-state index contributed by atoms with van der Waals surface area (Å²) in [4.78, 5) is 11.7. The van der Waals surface area contributed by atoms with Gasteiger partial charge in [-0.2, -0.15) is 0 Å². The Labute approximate surface area is 130 Å². The molecule has 0 aliphatic heterocycles. The number of benzene rings is 2. The van der Waals surface area contributed by atoms with E-state index in [2.05, 4.69) is 5.32 Å². The molecule has 0 radical (unpaired) electrons. The summed E-state index contributed by atoms with van der Waals surface area (Å²) in [5, 5.41) is 3.07. The minimum atomic E-state index is -0.854. The molecule has 0 fully saturated rings. The number of nitrogens with one attached hydrogen (secondary N) is 1. The third-order valence-electron chi connectivity index (χ3n) is 2.59.